The number of hydrogen-bond acceptors (Lipinski definition) is 4. The third-order valence-electron chi connectivity index (χ3n) is 5.95. The van der Waals surface area contributed by atoms with Crippen LogP contribution >= 0.6 is 0 Å². The smallest absolute Gasteiger partial charge is 0.222 e. The van der Waals surface area contributed by atoms with Crippen LogP contribution in [0, 0.1) is 5.92 Å². The average molecular weight is 336 g/mol. The summed E-state index contributed by atoms with van der Waals surface area (Å²) >= 11 is 0. The Morgan fingerprint density at radius 2 is 1.83 bits per heavy atom. The summed E-state index contributed by atoms with van der Waals surface area (Å²) in [4.78, 5) is 32.3. The summed E-state index contributed by atoms with van der Waals surface area (Å²) in [5, 5.41) is 0. The molecule has 0 spiro atoms. The highest BCUT2D eigenvalue weighted by atomic mass is 16.2. The van der Waals surface area contributed by atoms with Crippen molar-refractivity contribution in [2.45, 2.75) is 39.2 Å². The molecule has 0 aromatic heterocycles. The molecule has 2 amide bonds. The lowest BCUT2D eigenvalue weighted by molar-refractivity contribution is -0.131. The van der Waals surface area contributed by atoms with Gasteiger partial charge in [-0.25, -0.2) is 0 Å². The fraction of sp³-hybridized carbons (Fsp3) is 0.889. The first-order chi connectivity index (χ1) is 11.5. The number of rotatable bonds is 5. The van der Waals surface area contributed by atoms with Gasteiger partial charge in [0.25, 0.3) is 0 Å². The molecule has 6 nitrogen and oxygen atoms in total. The highest BCUT2D eigenvalue weighted by Crippen LogP contribution is 2.23. The van der Waals surface area contributed by atoms with Crippen molar-refractivity contribution >= 4 is 11.8 Å². The van der Waals surface area contributed by atoms with Gasteiger partial charge in [-0.2, -0.15) is 0 Å². The molecule has 0 bridgehead atoms. The maximum absolute atomic E-state index is 11.7. The second-order valence-corrected chi connectivity index (χ2v) is 7.68. The quantitative estimate of drug-likeness (QED) is 0.733. The molecule has 3 aliphatic heterocycles. The number of amides is 2. The van der Waals surface area contributed by atoms with E-state index in [2.05, 4.69) is 16.7 Å². The molecule has 0 aromatic carbocycles. The Balaban J connectivity index is 1.40. The van der Waals surface area contributed by atoms with Crippen molar-refractivity contribution in [3.8, 4) is 0 Å². The lowest BCUT2D eigenvalue weighted by atomic mass is 10.0. The Labute approximate surface area is 145 Å². The summed E-state index contributed by atoms with van der Waals surface area (Å²) in [6.07, 6.45) is 2.87. The molecule has 3 rings (SSSR count). The number of hydrogen-bond donors (Lipinski definition) is 0. The van der Waals surface area contributed by atoms with Gasteiger partial charge in [0.2, 0.25) is 11.8 Å². The molecule has 0 N–H and O–H groups in total. The summed E-state index contributed by atoms with van der Waals surface area (Å²) in [5.41, 5.74) is 0. The summed E-state index contributed by atoms with van der Waals surface area (Å²) in [5.74, 6) is 1.22. The van der Waals surface area contributed by atoms with Gasteiger partial charge in [-0.1, -0.05) is 6.92 Å². The normalized spacial score (nSPS) is 29.7. The summed E-state index contributed by atoms with van der Waals surface area (Å²) < 4.78 is 0. The van der Waals surface area contributed by atoms with Crippen LogP contribution in [0.15, 0.2) is 0 Å². The zero-order chi connectivity index (χ0) is 17.1. The molecule has 3 heterocycles. The zero-order valence-corrected chi connectivity index (χ0v) is 15.2. The van der Waals surface area contributed by atoms with Gasteiger partial charge in [-0.3, -0.25) is 14.5 Å². The van der Waals surface area contributed by atoms with Gasteiger partial charge in [0, 0.05) is 71.7 Å². The first kappa shape index (κ1) is 17.7. The summed E-state index contributed by atoms with van der Waals surface area (Å²) in [7, 11) is 0. The van der Waals surface area contributed by atoms with E-state index >= 15 is 0 Å². The van der Waals surface area contributed by atoms with Gasteiger partial charge >= 0.3 is 0 Å². The van der Waals surface area contributed by atoms with E-state index in [1.807, 2.05) is 9.80 Å². The van der Waals surface area contributed by atoms with Crippen molar-refractivity contribution < 1.29 is 9.59 Å². The van der Waals surface area contributed by atoms with Crippen molar-refractivity contribution in [1.82, 2.24) is 19.6 Å². The third-order valence-corrected chi connectivity index (χ3v) is 5.95. The Morgan fingerprint density at radius 1 is 1.08 bits per heavy atom. The molecule has 0 unspecified atom stereocenters. The van der Waals surface area contributed by atoms with Crippen LogP contribution in [-0.4, -0.2) is 96.4 Å². The van der Waals surface area contributed by atoms with Crippen LogP contribution < -0.4 is 0 Å². The Hall–Kier alpha value is -1.14. The maximum Gasteiger partial charge on any atom is 0.222 e. The number of carbonyl (C=O) groups is 2. The van der Waals surface area contributed by atoms with Crippen molar-refractivity contribution in [3.63, 3.8) is 0 Å². The van der Waals surface area contributed by atoms with Crippen molar-refractivity contribution in [1.29, 1.82) is 0 Å². The minimum absolute atomic E-state index is 0.201. The average Bonchev–Trinajstić information content (AvgIpc) is 3.13. The molecule has 3 fully saturated rings. The molecule has 6 heteroatoms. The molecule has 0 radical (unpaired) electrons. The van der Waals surface area contributed by atoms with Gasteiger partial charge in [0.15, 0.2) is 0 Å². The summed E-state index contributed by atoms with van der Waals surface area (Å²) in [6, 6.07) is 0.618. The molecule has 0 saturated carbocycles. The van der Waals surface area contributed by atoms with E-state index in [9.17, 15) is 9.59 Å². The molecule has 3 aliphatic rings. The van der Waals surface area contributed by atoms with Gasteiger partial charge in [-0.15, -0.1) is 0 Å². The lowest BCUT2D eigenvalue weighted by Gasteiger charge is -2.39. The monoisotopic (exact) mass is 336 g/mol. The molecular formula is C18H32N4O2. The predicted octanol–water partition coefficient (Wildman–Crippen LogP) is 0.483. The van der Waals surface area contributed by atoms with Crippen LogP contribution in [0.3, 0.4) is 0 Å². The predicted molar refractivity (Wildman–Crippen MR) is 93.7 cm³/mol. The Kier molecular flexibility index (Phi) is 5.76. The minimum Gasteiger partial charge on any atom is -0.343 e. The van der Waals surface area contributed by atoms with Crippen molar-refractivity contribution in [3.05, 3.63) is 0 Å². The molecule has 2 atom stereocenters. The number of carbonyl (C=O) groups excluding carboxylic acids is 2. The van der Waals surface area contributed by atoms with E-state index in [1.165, 1.54) is 0 Å². The lowest BCUT2D eigenvalue weighted by Crippen LogP contribution is -2.53. The molecule has 3 saturated heterocycles. The van der Waals surface area contributed by atoms with E-state index < -0.39 is 0 Å². The van der Waals surface area contributed by atoms with Crippen molar-refractivity contribution in [2.75, 3.05) is 58.9 Å². The van der Waals surface area contributed by atoms with E-state index in [0.29, 0.717) is 17.9 Å². The fourth-order valence-electron chi connectivity index (χ4n) is 4.50. The van der Waals surface area contributed by atoms with Crippen LogP contribution in [0.4, 0.5) is 0 Å². The highest BCUT2D eigenvalue weighted by molar-refractivity contribution is 5.78. The second-order valence-electron chi connectivity index (χ2n) is 7.68. The van der Waals surface area contributed by atoms with Crippen LogP contribution in [0.1, 0.15) is 33.1 Å². The van der Waals surface area contributed by atoms with Crippen LogP contribution in [0.5, 0.6) is 0 Å². The highest BCUT2D eigenvalue weighted by Gasteiger charge is 2.35. The van der Waals surface area contributed by atoms with Gasteiger partial charge in [0.05, 0.1) is 0 Å². The van der Waals surface area contributed by atoms with E-state index in [4.69, 9.17) is 0 Å². The number of nitrogens with zero attached hydrogens (tertiary/aromatic N) is 4. The standard InChI is InChI=1S/C18H32N4O2/c1-15-13-19(6-4-8-22-7-3-5-18(22)24)14-17(15)21-11-9-20(10-12-21)16(2)23/h15,17H,3-14H2,1-2H3/t15-,17-/m1/s1. The second kappa shape index (κ2) is 7.83. The fourth-order valence-corrected chi connectivity index (χ4v) is 4.50. The Morgan fingerprint density at radius 3 is 2.46 bits per heavy atom. The SMILES string of the molecule is CC(=O)N1CCN([C@@H]2CN(CCCN3CCCC3=O)C[C@H]2C)CC1. The molecular weight excluding hydrogens is 304 g/mol. The zero-order valence-electron chi connectivity index (χ0n) is 15.2. The third kappa shape index (κ3) is 4.09. The molecule has 0 aliphatic carbocycles. The topological polar surface area (TPSA) is 47.1 Å². The number of likely N-dealkylation sites (tertiary alicyclic amines) is 2. The molecule has 24 heavy (non-hydrogen) atoms. The van der Waals surface area contributed by atoms with E-state index in [1.54, 1.807) is 6.92 Å². The van der Waals surface area contributed by atoms with Gasteiger partial charge < -0.3 is 14.7 Å². The largest absolute Gasteiger partial charge is 0.343 e. The number of piperazine rings is 1. The van der Waals surface area contributed by atoms with E-state index in [0.717, 1.165) is 78.2 Å². The first-order valence-corrected chi connectivity index (χ1v) is 9.54. The van der Waals surface area contributed by atoms with Crippen LogP contribution in [0.25, 0.3) is 0 Å². The molecule has 136 valence electrons. The maximum atomic E-state index is 11.7. The van der Waals surface area contributed by atoms with Gasteiger partial charge in [0.1, 0.15) is 0 Å². The van der Waals surface area contributed by atoms with Crippen LogP contribution in [0.2, 0.25) is 0 Å². The molecule has 0 aromatic rings. The Bertz CT molecular complexity index is 462. The van der Waals surface area contributed by atoms with Gasteiger partial charge in [-0.05, 0) is 25.3 Å². The van der Waals surface area contributed by atoms with Crippen molar-refractivity contribution in [2.24, 2.45) is 5.92 Å². The van der Waals surface area contributed by atoms with E-state index in [-0.39, 0.29) is 5.91 Å². The first-order valence-electron chi connectivity index (χ1n) is 9.54. The minimum atomic E-state index is 0.201. The van der Waals surface area contributed by atoms with Crippen LogP contribution in [-0.2, 0) is 9.59 Å². The summed E-state index contributed by atoms with van der Waals surface area (Å²) in [6.45, 7) is 13.0.